The molecule has 5 aliphatic rings. The molecular formula is C30H52O3. The Morgan fingerprint density at radius 2 is 1.45 bits per heavy atom. The minimum atomic E-state index is -1.01. The molecule has 5 fully saturated rings. The number of hydrogen-bond donors (Lipinski definition) is 3. The summed E-state index contributed by atoms with van der Waals surface area (Å²) < 4.78 is 0. The van der Waals surface area contributed by atoms with Gasteiger partial charge in [0.15, 0.2) is 0 Å². The van der Waals surface area contributed by atoms with Crippen LogP contribution in [0.15, 0.2) is 0 Å². The predicted molar refractivity (Wildman–Crippen MR) is 134 cm³/mol. The van der Waals surface area contributed by atoms with Gasteiger partial charge in [0.1, 0.15) is 0 Å². The van der Waals surface area contributed by atoms with Crippen LogP contribution < -0.4 is 0 Å². The monoisotopic (exact) mass is 460 g/mol. The van der Waals surface area contributed by atoms with Crippen LogP contribution >= 0.6 is 0 Å². The molecule has 33 heavy (non-hydrogen) atoms. The molecule has 0 aromatic carbocycles. The highest BCUT2D eigenvalue weighted by molar-refractivity contribution is 5.30. The van der Waals surface area contributed by atoms with Gasteiger partial charge < -0.3 is 15.3 Å². The third-order valence-corrected chi connectivity index (χ3v) is 13.6. The Morgan fingerprint density at radius 3 is 2.12 bits per heavy atom. The summed E-state index contributed by atoms with van der Waals surface area (Å²) in [6, 6.07) is 0. The Balaban J connectivity index is 1.37. The minimum Gasteiger partial charge on any atom is -0.393 e. The topological polar surface area (TPSA) is 60.7 Å². The van der Waals surface area contributed by atoms with E-state index >= 15 is 0 Å². The van der Waals surface area contributed by atoms with E-state index in [1.807, 2.05) is 0 Å². The molecule has 5 rings (SSSR count). The maximum Gasteiger partial charge on any atom is 0.0849 e. The van der Waals surface area contributed by atoms with Crippen LogP contribution in [0, 0.1) is 50.7 Å². The smallest absolute Gasteiger partial charge is 0.0849 e. The molecule has 3 nitrogen and oxygen atoms in total. The molecule has 5 aliphatic carbocycles. The van der Waals surface area contributed by atoms with Crippen molar-refractivity contribution in [3.8, 4) is 0 Å². The summed E-state index contributed by atoms with van der Waals surface area (Å²) in [4.78, 5) is 0. The Labute approximate surface area is 203 Å². The van der Waals surface area contributed by atoms with Crippen molar-refractivity contribution in [1.82, 2.24) is 0 Å². The quantitative estimate of drug-likeness (QED) is 0.449. The Hall–Kier alpha value is -0.120. The normalized spacial score (nSPS) is 52.2. The first kappa shape index (κ1) is 24.6. The van der Waals surface area contributed by atoms with Gasteiger partial charge in [-0.3, -0.25) is 0 Å². The lowest BCUT2D eigenvalue weighted by atomic mass is 9.41. The van der Waals surface area contributed by atoms with Gasteiger partial charge in [0.05, 0.1) is 17.8 Å². The molecule has 0 heterocycles. The molecule has 190 valence electrons. The fraction of sp³-hybridized carbons (Fsp3) is 1.00. The van der Waals surface area contributed by atoms with Crippen LogP contribution in [0.2, 0.25) is 0 Å². The molecule has 0 saturated heterocycles. The van der Waals surface area contributed by atoms with Gasteiger partial charge in [0.2, 0.25) is 0 Å². The summed E-state index contributed by atoms with van der Waals surface area (Å²) >= 11 is 0. The number of rotatable bonds is 5. The zero-order valence-electron chi connectivity index (χ0n) is 22.6. The van der Waals surface area contributed by atoms with Crippen LogP contribution in [0.5, 0.6) is 0 Å². The maximum absolute atomic E-state index is 10.8. The van der Waals surface area contributed by atoms with Crippen LogP contribution in [0.3, 0.4) is 0 Å². The van der Waals surface area contributed by atoms with Gasteiger partial charge in [-0.15, -0.1) is 0 Å². The van der Waals surface area contributed by atoms with E-state index in [0.29, 0.717) is 39.9 Å². The van der Waals surface area contributed by atoms with Crippen LogP contribution in [-0.4, -0.2) is 33.1 Å². The number of hydrogen-bond acceptors (Lipinski definition) is 3. The van der Waals surface area contributed by atoms with Crippen molar-refractivity contribution in [1.29, 1.82) is 0 Å². The van der Waals surface area contributed by atoms with Crippen LogP contribution in [0.4, 0.5) is 0 Å². The highest BCUT2D eigenvalue weighted by atomic mass is 16.3. The molecule has 0 aliphatic heterocycles. The fourth-order valence-electron chi connectivity index (χ4n) is 11.3. The van der Waals surface area contributed by atoms with Crippen molar-refractivity contribution >= 4 is 0 Å². The first-order chi connectivity index (χ1) is 15.2. The molecule has 5 saturated carbocycles. The lowest BCUT2D eigenvalue weighted by Gasteiger charge is -2.63. The lowest BCUT2D eigenvalue weighted by Crippen LogP contribution is -2.57. The predicted octanol–water partition coefficient (Wildman–Crippen LogP) is 6.33. The summed E-state index contributed by atoms with van der Waals surface area (Å²) in [5, 5.41) is 31.5. The summed E-state index contributed by atoms with van der Waals surface area (Å²) in [5.74, 6) is 2.88. The fourth-order valence-corrected chi connectivity index (χ4v) is 11.3. The average Bonchev–Trinajstić information content (AvgIpc) is 3.31. The van der Waals surface area contributed by atoms with E-state index in [2.05, 4.69) is 34.6 Å². The molecule has 3 heteroatoms. The van der Waals surface area contributed by atoms with Gasteiger partial charge >= 0.3 is 0 Å². The van der Waals surface area contributed by atoms with Gasteiger partial charge in [-0.1, -0.05) is 34.6 Å². The van der Waals surface area contributed by atoms with E-state index < -0.39 is 11.7 Å². The molecule has 0 amide bonds. The van der Waals surface area contributed by atoms with Gasteiger partial charge in [-0.25, -0.2) is 0 Å². The minimum absolute atomic E-state index is 0.0718. The molecule has 0 radical (unpaired) electrons. The standard InChI is InChI=1S/C30H52O3/c1-19(8-11-24(32)26(4,5)33)20-12-14-28(7)22-10-9-21-25(2,3)23(31)13-15-29(21)18-30(22,29)17-16-27(20,28)6/h19-24,31-33H,8-18H2,1-7H3/t19-,20-,21+,22+,23?,24?,27-,28+,29-,30+/m1/s1. The van der Waals surface area contributed by atoms with Crippen molar-refractivity contribution in [3.05, 3.63) is 0 Å². The van der Waals surface area contributed by atoms with E-state index in [0.717, 1.165) is 24.7 Å². The average molecular weight is 461 g/mol. The second kappa shape index (κ2) is 7.22. The first-order valence-corrected chi connectivity index (χ1v) is 14.2. The summed E-state index contributed by atoms with van der Waals surface area (Å²) in [7, 11) is 0. The van der Waals surface area contributed by atoms with Gasteiger partial charge in [-0.05, 0) is 135 Å². The van der Waals surface area contributed by atoms with Crippen molar-refractivity contribution in [3.63, 3.8) is 0 Å². The van der Waals surface area contributed by atoms with Crippen LogP contribution in [-0.2, 0) is 0 Å². The highest BCUT2D eigenvalue weighted by Crippen LogP contribution is 2.89. The van der Waals surface area contributed by atoms with Crippen molar-refractivity contribution in [2.24, 2.45) is 50.7 Å². The molecule has 10 atom stereocenters. The SMILES string of the molecule is C[C@H](CCC(O)C(C)(C)O)[C@H]1CC[C@@]2(C)[C@@H]3CC[C@H]4C(C)(C)C(O)CC[C@@]45C[C@@]35CC[C@]12C. The highest BCUT2D eigenvalue weighted by Gasteiger charge is 2.82. The third kappa shape index (κ3) is 3.03. The molecule has 2 spiro atoms. The Bertz CT molecular complexity index is 784. The molecular weight excluding hydrogens is 408 g/mol. The van der Waals surface area contributed by atoms with Gasteiger partial charge in [-0.2, -0.15) is 0 Å². The van der Waals surface area contributed by atoms with Crippen LogP contribution in [0.25, 0.3) is 0 Å². The second-order valence-corrected chi connectivity index (χ2v) is 15.3. The Morgan fingerprint density at radius 1 is 0.818 bits per heavy atom. The lowest BCUT2D eigenvalue weighted by molar-refractivity contribution is -0.161. The molecule has 3 N–H and O–H groups in total. The summed E-state index contributed by atoms with van der Waals surface area (Å²) in [5.41, 5.74) is 0.949. The van der Waals surface area contributed by atoms with Crippen molar-refractivity contribution in [2.75, 3.05) is 0 Å². The second-order valence-electron chi connectivity index (χ2n) is 15.3. The van der Waals surface area contributed by atoms with E-state index in [1.54, 1.807) is 13.8 Å². The van der Waals surface area contributed by atoms with Crippen molar-refractivity contribution < 1.29 is 15.3 Å². The number of fused-ring (bicyclic) bond motifs is 2. The molecule has 2 unspecified atom stereocenters. The van der Waals surface area contributed by atoms with E-state index in [-0.39, 0.29) is 11.5 Å². The van der Waals surface area contributed by atoms with Gasteiger partial charge in [0, 0.05) is 0 Å². The van der Waals surface area contributed by atoms with Crippen molar-refractivity contribution in [2.45, 2.75) is 137 Å². The maximum atomic E-state index is 10.8. The molecule has 0 bridgehead atoms. The van der Waals surface area contributed by atoms with E-state index in [4.69, 9.17) is 0 Å². The largest absolute Gasteiger partial charge is 0.393 e. The van der Waals surface area contributed by atoms with E-state index in [1.165, 1.54) is 51.4 Å². The van der Waals surface area contributed by atoms with Crippen LogP contribution in [0.1, 0.15) is 119 Å². The third-order valence-electron chi connectivity index (χ3n) is 13.6. The number of aliphatic hydroxyl groups excluding tert-OH is 2. The summed E-state index contributed by atoms with van der Waals surface area (Å²) in [6.45, 7) is 15.9. The van der Waals surface area contributed by atoms with E-state index in [9.17, 15) is 15.3 Å². The summed E-state index contributed by atoms with van der Waals surface area (Å²) in [6.07, 6.45) is 12.8. The zero-order valence-corrected chi connectivity index (χ0v) is 22.6. The first-order valence-electron chi connectivity index (χ1n) is 14.2. The Kier molecular flexibility index (Phi) is 5.38. The molecule has 0 aromatic heterocycles. The van der Waals surface area contributed by atoms with Gasteiger partial charge in [0.25, 0.3) is 0 Å². The zero-order chi connectivity index (χ0) is 24.2. The molecule has 0 aromatic rings. The number of aliphatic hydroxyl groups is 3.